The summed E-state index contributed by atoms with van der Waals surface area (Å²) in [6, 6.07) is 0. The van der Waals surface area contributed by atoms with Gasteiger partial charge >= 0.3 is 5.97 Å². The average Bonchev–Trinajstić information content (AvgIpc) is 2.25. The van der Waals surface area contributed by atoms with E-state index >= 15 is 0 Å². The molecule has 1 saturated heterocycles. The van der Waals surface area contributed by atoms with E-state index in [-0.39, 0.29) is 11.4 Å². The molecule has 1 fully saturated rings. The average molecular weight is 229 g/mol. The summed E-state index contributed by atoms with van der Waals surface area (Å²) >= 11 is 1.22. The number of thioether (sulfide) groups is 1. The van der Waals surface area contributed by atoms with Crippen molar-refractivity contribution in [3.05, 3.63) is 0 Å². The van der Waals surface area contributed by atoms with Crippen LogP contribution >= 0.6 is 11.8 Å². The van der Waals surface area contributed by atoms with Crippen molar-refractivity contribution in [1.29, 1.82) is 5.26 Å². The zero-order valence-electron chi connectivity index (χ0n) is 8.82. The van der Waals surface area contributed by atoms with Gasteiger partial charge in [-0.3, -0.25) is 4.79 Å². The smallest absolute Gasteiger partial charge is 0.302 e. The van der Waals surface area contributed by atoms with Gasteiger partial charge in [0.1, 0.15) is 5.40 Å². The number of carbonyl (C=O) groups excluding carboxylic acids is 1. The number of thiocyanates is 1. The molecule has 0 radical (unpaired) electrons. The SMILES string of the molecule is CC(=O)OCC1(CSC#N)CCOCC1. The van der Waals surface area contributed by atoms with Gasteiger partial charge in [-0.15, -0.1) is 0 Å². The minimum Gasteiger partial charge on any atom is -0.465 e. The number of carbonyl (C=O) groups is 1. The molecule has 15 heavy (non-hydrogen) atoms. The zero-order valence-corrected chi connectivity index (χ0v) is 9.64. The number of hydrogen-bond acceptors (Lipinski definition) is 5. The molecule has 0 aliphatic carbocycles. The lowest BCUT2D eigenvalue weighted by Crippen LogP contribution is -2.36. The maximum absolute atomic E-state index is 10.8. The highest BCUT2D eigenvalue weighted by Crippen LogP contribution is 2.34. The third-order valence-electron chi connectivity index (χ3n) is 2.58. The van der Waals surface area contributed by atoms with Gasteiger partial charge < -0.3 is 9.47 Å². The molecule has 1 heterocycles. The van der Waals surface area contributed by atoms with Crippen LogP contribution in [-0.2, 0) is 14.3 Å². The van der Waals surface area contributed by atoms with E-state index < -0.39 is 0 Å². The Morgan fingerprint density at radius 2 is 2.27 bits per heavy atom. The molecule has 4 nitrogen and oxygen atoms in total. The molecule has 1 aliphatic heterocycles. The van der Waals surface area contributed by atoms with Gasteiger partial charge in [0, 0.05) is 31.3 Å². The van der Waals surface area contributed by atoms with Gasteiger partial charge in [-0.25, -0.2) is 0 Å². The number of hydrogen-bond donors (Lipinski definition) is 0. The Kier molecular flexibility index (Phi) is 4.92. The molecule has 0 N–H and O–H groups in total. The Hall–Kier alpha value is -0.730. The summed E-state index contributed by atoms with van der Waals surface area (Å²) in [4.78, 5) is 10.8. The van der Waals surface area contributed by atoms with Crippen LogP contribution in [0.3, 0.4) is 0 Å². The summed E-state index contributed by atoms with van der Waals surface area (Å²) in [6.07, 6.45) is 1.71. The van der Waals surface area contributed by atoms with E-state index in [1.165, 1.54) is 18.7 Å². The number of esters is 1. The number of nitriles is 1. The second kappa shape index (κ2) is 5.99. The molecular formula is C10H15NO3S. The largest absolute Gasteiger partial charge is 0.465 e. The summed E-state index contributed by atoms with van der Waals surface area (Å²) in [6.45, 7) is 3.19. The molecule has 0 amide bonds. The molecule has 5 heteroatoms. The van der Waals surface area contributed by atoms with Crippen LogP contribution in [-0.4, -0.2) is 31.5 Å². The Bertz CT molecular complexity index is 256. The van der Waals surface area contributed by atoms with E-state index in [1.807, 2.05) is 0 Å². The predicted molar refractivity (Wildman–Crippen MR) is 57.2 cm³/mol. The Morgan fingerprint density at radius 3 is 2.80 bits per heavy atom. The van der Waals surface area contributed by atoms with E-state index in [9.17, 15) is 4.79 Å². The zero-order chi connectivity index (χ0) is 11.1. The molecule has 0 aromatic carbocycles. The molecule has 0 aromatic rings. The lowest BCUT2D eigenvalue weighted by atomic mass is 9.83. The molecule has 1 aliphatic rings. The molecule has 84 valence electrons. The van der Waals surface area contributed by atoms with Crippen molar-refractivity contribution in [2.45, 2.75) is 19.8 Å². The highest BCUT2D eigenvalue weighted by molar-refractivity contribution is 8.03. The standard InChI is InChI=1S/C10H15NO3S/c1-9(12)14-6-10(7-15-8-11)2-4-13-5-3-10/h2-7H2,1H3. The van der Waals surface area contributed by atoms with Gasteiger partial charge in [-0.05, 0) is 24.6 Å². The van der Waals surface area contributed by atoms with Crippen LogP contribution in [0.4, 0.5) is 0 Å². The number of nitrogens with zero attached hydrogens (tertiary/aromatic N) is 1. The van der Waals surface area contributed by atoms with E-state index in [4.69, 9.17) is 14.7 Å². The van der Waals surface area contributed by atoms with Gasteiger partial charge in [-0.1, -0.05) is 0 Å². The first-order valence-corrected chi connectivity index (χ1v) is 5.89. The molecule has 0 aromatic heterocycles. The van der Waals surface area contributed by atoms with Crippen LogP contribution in [0.5, 0.6) is 0 Å². The second-order valence-electron chi connectivity index (χ2n) is 3.77. The fourth-order valence-electron chi connectivity index (χ4n) is 1.57. The van der Waals surface area contributed by atoms with E-state index in [0.29, 0.717) is 25.6 Å². The van der Waals surface area contributed by atoms with Crippen molar-refractivity contribution >= 4 is 17.7 Å². The molecule has 0 saturated carbocycles. The predicted octanol–water partition coefficient (Wildman–Crippen LogP) is 1.56. The fraction of sp³-hybridized carbons (Fsp3) is 0.800. The van der Waals surface area contributed by atoms with E-state index in [2.05, 4.69) is 5.40 Å². The van der Waals surface area contributed by atoms with Crippen molar-refractivity contribution in [2.24, 2.45) is 5.41 Å². The summed E-state index contributed by atoms with van der Waals surface area (Å²) in [5.74, 6) is 0.447. The summed E-state index contributed by atoms with van der Waals surface area (Å²) < 4.78 is 10.3. The van der Waals surface area contributed by atoms with Crippen LogP contribution in [0, 0.1) is 16.1 Å². The normalized spacial score (nSPS) is 19.2. The van der Waals surface area contributed by atoms with Crippen LogP contribution in [0.1, 0.15) is 19.8 Å². The van der Waals surface area contributed by atoms with Gasteiger partial charge in [0.2, 0.25) is 0 Å². The van der Waals surface area contributed by atoms with Gasteiger partial charge in [0.25, 0.3) is 0 Å². The van der Waals surface area contributed by atoms with Crippen molar-refractivity contribution < 1.29 is 14.3 Å². The maximum atomic E-state index is 10.8. The molecule has 1 rings (SSSR count). The first kappa shape index (κ1) is 12.3. The van der Waals surface area contributed by atoms with Gasteiger partial charge in [-0.2, -0.15) is 5.26 Å². The Morgan fingerprint density at radius 1 is 1.60 bits per heavy atom. The fourth-order valence-corrected chi connectivity index (χ4v) is 2.32. The third kappa shape index (κ3) is 4.10. The monoisotopic (exact) mass is 229 g/mol. The quantitative estimate of drug-likeness (QED) is 0.541. The van der Waals surface area contributed by atoms with Gasteiger partial charge in [0.15, 0.2) is 0 Å². The Labute approximate surface area is 93.9 Å². The van der Waals surface area contributed by atoms with Crippen molar-refractivity contribution in [3.8, 4) is 5.40 Å². The first-order chi connectivity index (χ1) is 7.18. The van der Waals surface area contributed by atoms with Crippen LogP contribution in [0.15, 0.2) is 0 Å². The summed E-state index contributed by atoms with van der Waals surface area (Å²) in [7, 11) is 0. The highest BCUT2D eigenvalue weighted by Gasteiger charge is 2.34. The van der Waals surface area contributed by atoms with Crippen LogP contribution in [0.25, 0.3) is 0 Å². The summed E-state index contributed by atoms with van der Waals surface area (Å²) in [5, 5.41) is 10.6. The lowest BCUT2D eigenvalue weighted by Gasteiger charge is -2.35. The topological polar surface area (TPSA) is 59.3 Å². The van der Waals surface area contributed by atoms with E-state index in [1.54, 1.807) is 0 Å². The Balaban J connectivity index is 2.50. The first-order valence-electron chi connectivity index (χ1n) is 4.90. The molecule has 0 atom stereocenters. The van der Waals surface area contributed by atoms with Crippen molar-refractivity contribution in [1.82, 2.24) is 0 Å². The molecular weight excluding hydrogens is 214 g/mol. The number of rotatable bonds is 4. The molecule has 0 bridgehead atoms. The van der Waals surface area contributed by atoms with E-state index in [0.717, 1.165) is 12.8 Å². The van der Waals surface area contributed by atoms with Gasteiger partial charge in [0.05, 0.1) is 6.61 Å². The third-order valence-corrected chi connectivity index (χ3v) is 3.46. The maximum Gasteiger partial charge on any atom is 0.302 e. The minimum atomic E-state index is -0.261. The molecule has 0 spiro atoms. The highest BCUT2D eigenvalue weighted by atomic mass is 32.2. The second-order valence-corrected chi connectivity index (χ2v) is 4.53. The molecule has 0 unspecified atom stereocenters. The van der Waals surface area contributed by atoms with Crippen molar-refractivity contribution in [2.75, 3.05) is 25.6 Å². The lowest BCUT2D eigenvalue weighted by molar-refractivity contribution is -0.146. The minimum absolute atomic E-state index is 0.0652. The summed E-state index contributed by atoms with van der Waals surface area (Å²) in [5.41, 5.74) is -0.0652. The van der Waals surface area contributed by atoms with Crippen molar-refractivity contribution in [3.63, 3.8) is 0 Å². The van der Waals surface area contributed by atoms with Crippen LogP contribution in [0.2, 0.25) is 0 Å². The number of ether oxygens (including phenoxy) is 2. The van der Waals surface area contributed by atoms with Crippen LogP contribution < -0.4 is 0 Å².